The van der Waals surface area contributed by atoms with Crippen molar-refractivity contribution in [2.45, 2.75) is 45.1 Å². The first-order chi connectivity index (χ1) is 7.75. The molecule has 3 heteroatoms. The van der Waals surface area contributed by atoms with Gasteiger partial charge < -0.3 is 5.32 Å². The van der Waals surface area contributed by atoms with Crippen molar-refractivity contribution in [3.63, 3.8) is 0 Å². The monoisotopic (exact) mass is 301 g/mol. The Hall–Kier alpha value is 0.140. The number of hydrogen-bond donors (Lipinski definition) is 1. The number of nitrogens with one attached hydrogen (secondary N) is 1. The Morgan fingerprint density at radius 1 is 1.44 bits per heavy atom. The molecule has 1 aromatic rings. The normalized spacial score (nSPS) is 19.1. The molecular weight excluding hydrogens is 282 g/mol. The van der Waals surface area contributed by atoms with Gasteiger partial charge in [0.2, 0.25) is 0 Å². The van der Waals surface area contributed by atoms with E-state index in [9.17, 15) is 0 Å². The highest BCUT2D eigenvalue weighted by Gasteiger charge is 2.15. The Bertz CT molecular complexity index is 317. The van der Waals surface area contributed by atoms with E-state index in [1.807, 2.05) is 11.3 Å². The number of halogens is 1. The minimum atomic E-state index is 0.498. The molecule has 1 fully saturated rings. The van der Waals surface area contributed by atoms with Crippen LogP contribution >= 0.6 is 27.3 Å². The van der Waals surface area contributed by atoms with Crippen LogP contribution in [0.2, 0.25) is 0 Å². The fraction of sp³-hybridized carbons (Fsp3) is 0.692. The van der Waals surface area contributed by atoms with Crippen LogP contribution in [-0.4, -0.2) is 6.54 Å². The Kier molecular flexibility index (Phi) is 4.86. The van der Waals surface area contributed by atoms with Gasteiger partial charge in [-0.3, -0.25) is 0 Å². The van der Waals surface area contributed by atoms with E-state index in [0.717, 1.165) is 5.92 Å². The predicted molar refractivity (Wildman–Crippen MR) is 75.0 cm³/mol. The maximum atomic E-state index is 3.63. The molecule has 0 radical (unpaired) electrons. The smallest absolute Gasteiger partial charge is 0.0701 e. The molecule has 1 aliphatic carbocycles. The Labute approximate surface area is 111 Å². The molecule has 0 spiro atoms. The topological polar surface area (TPSA) is 12.0 Å². The first kappa shape index (κ1) is 12.6. The lowest BCUT2D eigenvalue weighted by Gasteiger charge is -2.14. The zero-order valence-electron chi connectivity index (χ0n) is 9.84. The lowest BCUT2D eigenvalue weighted by molar-refractivity contribution is 0.457. The molecule has 16 heavy (non-hydrogen) atoms. The summed E-state index contributed by atoms with van der Waals surface area (Å²) < 4.78 is 1.23. The van der Waals surface area contributed by atoms with Gasteiger partial charge in [-0.05, 0) is 53.9 Å². The van der Waals surface area contributed by atoms with Crippen molar-refractivity contribution in [3.05, 3.63) is 20.8 Å². The molecule has 2 rings (SSSR count). The fourth-order valence-corrected chi connectivity index (χ4v) is 3.91. The van der Waals surface area contributed by atoms with Gasteiger partial charge in [-0.2, -0.15) is 0 Å². The standard InChI is InChI=1S/C13H20BrNS/c1-10(12-6-7-13(14)16-12)15-9-8-11-4-2-3-5-11/h6-7,10-11,15H,2-5,8-9H2,1H3. The van der Waals surface area contributed by atoms with Crippen LogP contribution in [0.3, 0.4) is 0 Å². The third-order valence-corrected chi connectivity index (χ3v) is 5.30. The molecule has 1 heterocycles. The summed E-state index contributed by atoms with van der Waals surface area (Å²) in [6.07, 6.45) is 7.19. The summed E-state index contributed by atoms with van der Waals surface area (Å²) in [6.45, 7) is 3.42. The van der Waals surface area contributed by atoms with Gasteiger partial charge >= 0.3 is 0 Å². The first-order valence-electron chi connectivity index (χ1n) is 6.24. The lowest BCUT2D eigenvalue weighted by Crippen LogP contribution is -2.20. The van der Waals surface area contributed by atoms with Crippen molar-refractivity contribution in [2.75, 3.05) is 6.54 Å². The Morgan fingerprint density at radius 3 is 2.81 bits per heavy atom. The maximum absolute atomic E-state index is 3.63. The van der Waals surface area contributed by atoms with Gasteiger partial charge in [-0.15, -0.1) is 11.3 Å². The van der Waals surface area contributed by atoms with Gasteiger partial charge in [-0.25, -0.2) is 0 Å². The highest BCUT2D eigenvalue weighted by atomic mass is 79.9. The van der Waals surface area contributed by atoms with E-state index in [1.165, 1.54) is 47.3 Å². The molecule has 1 unspecified atom stereocenters. The third kappa shape index (κ3) is 3.57. The van der Waals surface area contributed by atoms with Gasteiger partial charge in [0, 0.05) is 10.9 Å². The average molecular weight is 302 g/mol. The molecule has 90 valence electrons. The minimum Gasteiger partial charge on any atom is -0.309 e. The molecule has 1 atom stereocenters. The lowest BCUT2D eigenvalue weighted by atomic mass is 10.0. The van der Waals surface area contributed by atoms with E-state index in [1.54, 1.807) is 0 Å². The summed E-state index contributed by atoms with van der Waals surface area (Å²) in [5.74, 6) is 0.995. The largest absolute Gasteiger partial charge is 0.309 e. The maximum Gasteiger partial charge on any atom is 0.0701 e. The second-order valence-electron chi connectivity index (χ2n) is 4.76. The van der Waals surface area contributed by atoms with Crippen molar-refractivity contribution in [2.24, 2.45) is 5.92 Å². The van der Waals surface area contributed by atoms with Gasteiger partial charge in [0.1, 0.15) is 0 Å². The molecule has 0 bridgehead atoms. The van der Waals surface area contributed by atoms with E-state index in [-0.39, 0.29) is 0 Å². The van der Waals surface area contributed by atoms with Crippen LogP contribution < -0.4 is 5.32 Å². The van der Waals surface area contributed by atoms with Crippen molar-refractivity contribution in [1.29, 1.82) is 0 Å². The van der Waals surface area contributed by atoms with Crippen LogP contribution in [-0.2, 0) is 0 Å². The van der Waals surface area contributed by atoms with Gasteiger partial charge in [-0.1, -0.05) is 25.7 Å². The molecule has 0 aliphatic heterocycles. The van der Waals surface area contributed by atoms with E-state index < -0.39 is 0 Å². The van der Waals surface area contributed by atoms with Gasteiger partial charge in [0.05, 0.1) is 3.79 Å². The molecule has 1 saturated carbocycles. The van der Waals surface area contributed by atoms with E-state index in [0.29, 0.717) is 6.04 Å². The average Bonchev–Trinajstić information content (AvgIpc) is 2.89. The van der Waals surface area contributed by atoms with Crippen LogP contribution in [0.1, 0.15) is 49.9 Å². The molecule has 1 aliphatic rings. The summed E-state index contributed by atoms with van der Waals surface area (Å²) in [5, 5.41) is 3.63. The fourth-order valence-electron chi connectivity index (χ4n) is 2.46. The zero-order chi connectivity index (χ0) is 11.4. The number of thiophene rings is 1. The Morgan fingerprint density at radius 2 is 2.19 bits per heavy atom. The molecule has 0 aromatic carbocycles. The predicted octanol–water partition coefficient (Wildman–Crippen LogP) is 4.74. The summed E-state index contributed by atoms with van der Waals surface area (Å²) >= 11 is 5.35. The SMILES string of the molecule is CC(NCCC1CCCC1)c1ccc(Br)s1. The van der Waals surface area contributed by atoms with Gasteiger partial charge in [0.25, 0.3) is 0 Å². The second kappa shape index (κ2) is 6.18. The molecular formula is C13H20BrNS. The summed E-state index contributed by atoms with van der Waals surface area (Å²) in [7, 11) is 0. The zero-order valence-corrected chi connectivity index (χ0v) is 12.2. The van der Waals surface area contributed by atoms with Crippen molar-refractivity contribution < 1.29 is 0 Å². The third-order valence-electron chi connectivity index (χ3n) is 3.50. The molecule has 1 nitrogen and oxygen atoms in total. The number of hydrogen-bond acceptors (Lipinski definition) is 2. The number of rotatable bonds is 5. The van der Waals surface area contributed by atoms with Crippen LogP contribution in [0.5, 0.6) is 0 Å². The van der Waals surface area contributed by atoms with Crippen LogP contribution in [0.15, 0.2) is 15.9 Å². The van der Waals surface area contributed by atoms with Crippen LogP contribution in [0.25, 0.3) is 0 Å². The van der Waals surface area contributed by atoms with Crippen LogP contribution in [0, 0.1) is 5.92 Å². The molecule has 0 saturated heterocycles. The van der Waals surface area contributed by atoms with Crippen molar-refractivity contribution in [3.8, 4) is 0 Å². The molecule has 1 N–H and O–H groups in total. The summed E-state index contributed by atoms with van der Waals surface area (Å²) in [6, 6.07) is 4.84. The van der Waals surface area contributed by atoms with E-state index in [2.05, 4.69) is 40.3 Å². The highest BCUT2D eigenvalue weighted by Crippen LogP contribution is 2.29. The molecule has 0 amide bonds. The van der Waals surface area contributed by atoms with Gasteiger partial charge in [0.15, 0.2) is 0 Å². The summed E-state index contributed by atoms with van der Waals surface area (Å²) in [4.78, 5) is 1.43. The molecule has 1 aromatic heterocycles. The van der Waals surface area contributed by atoms with Crippen LogP contribution in [0.4, 0.5) is 0 Å². The second-order valence-corrected chi connectivity index (χ2v) is 7.25. The quantitative estimate of drug-likeness (QED) is 0.828. The van der Waals surface area contributed by atoms with E-state index in [4.69, 9.17) is 0 Å². The minimum absolute atomic E-state index is 0.498. The first-order valence-corrected chi connectivity index (χ1v) is 7.85. The van der Waals surface area contributed by atoms with E-state index >= 15 is 0 Å². The van der Waals surface area contributed by atoms with Crippen molar-refractivity contribution >= 4 is 27.3 Å². The summed E-state index contributed by atoms with van der Waals surface area (Å²) in [5.41, 5.74) is 0. The Balaban J connectivity index is 1.69. The highest BCUT2D eigenvalue weighted by molar-refractivity contribution is 9.11. The van der Waals surface area contributed by atoms with Crippen molar-refractivity contribution in [1.82, 2.24) is 5.32 Å².